The lowest BCUT2D eigenvalue weighted by molar-refractivity contribution is 0.255. The van der Waals surface area contributed by atoms with E-state index in [1.54, 1.807) is 0 Å². The molecule has 1 heteroatoms. The van der Waals surface area contributed by atoms with Crippen LogP contribution in [0.25, 0.3) is 0 Å². The highest BCUT2D eigenvalue weighted by Crippen LogP contribution is 2.58. The molecular formula is C17H25N. The first kappa shape index (κ1) is 12.1. The first-order valence-corrected chi connectivity index (χ1v) is 7.18. The van der Waals surface area contributed by atoms with Gasteiger partial charge in [-0.2, -0.15) is 0 Å². The Morgan fingerprint density at radius 1 is 1.11 bits per heavy atom. The summed E-state index contributed by atoms with van der Waals surface area (Å²) in [6.45, 7) is 13.0. The molecule has 98 valence electrons. The predicted octanol–water partition coefficient (Wildman–Crippen LogP) is 4.32. The summed E-state index contributed by atoms with van der Waals surface area (Å²) < 4.78 is 0. The van der Waals surface area contributed by atoms with Crippen LogP contribution in [0.15, 0.2) is 18.2 Å². The normalized spacial score (nSPS) is 38.5. The second-order valence-corrected chi connectivity index (χ2v) is 7.36. The van der Waals surface area contributed by atoms with Gasteiger partial charge in [-0.25, -0.2) is 0 Å². The van der Waals surface area contributed by atoms with Crippen LogP contribution in [-0.4, -0.2) is 12.1 Å². The minimum atomic E-state index is 0.383. The monoisotopic (exact) mass is 243 g/mol. The van der Waals surface area contributed by atoms with Crippen LogP contribution >= 0.6 is 0 Å². The molecule has 1 aliphatic carbocycles. The summed E-state index contributed by atoms with van der Waals surface area (Å²) in [4.78, 5) is 2.67. The molecule has 0 amide bonds. The largest absolute Gasteiger partial charge is 0.366 e. The van der Waals surface area contributed by atoms with Gasteiger partial charge >= 0.3 is 0 Å². The Bertz CT molecular complexity index is 472. The lowest BCUT2D eigenvalue weighted by Gasteiger charge is -2.42. The zero-order valence-electron chi connectivity index (χ0n) is 12.4. The molecule has 1 aromatic carbocycles. The first-order chi connectivity index (χ1) is 8.32. The Hall–Kier alpha value is -0.980. The van der Waals surface area contributed by atoms with Crippen LogP contribution in [0.2, 0.25) is 0 Å². The van der Waals surface area contributed by atoms with Gasteiger partial charge in [0, 0.05) is 17.8 Å². The zero-order valence-corrected chi connectivity index (χ0v) is 12.4. The van der Waals surface area contributed by atoms with Gasteiger partial charge in [0.25, 0.3) is 0 Å². The maximum Gasteiger partial charge on any atom is 0.0383 e. The molecule has 1 heterocycles. The maximum absolute atomic E-state index is 2.67. The van der Waals surface area contributed by atoms with Crippen molar-refractivity contribution in [3.63, 3.8) is 0 Å². The highest BCUT2D eigenvalue weighted by Gasteiger charge is 2.57. The van der Waals surface area contributed by atoms with E-state index in [1.165, 1.54) is 36.2 Å². The van der Waals surface area contributed by atoms with E-state index in [9.17, 15) is 0 Å². The Balaban J connectivity index is 2.00. The summed E-state index contributed by atoms with van der Waals surface area (Å²) in [5.74, 6) is 0.865. The smallest absolute Gasteiger partial charge is 0.0383 e. The third kappa shape index (κ3) is 1.60. The van der Waals surface area contributed by atoms with Crippen LogP contribution < -0.4 is 4.90 Å². The number of hydrogen-bond acceptors (Lipinski definition) is 1. The second kappa shape index (κ2) is 3.53. The van der Waals surface area contributed by atoms with Crippen molar-refractivity contribution in [1.29, 1.82) is 0 Å². The summed E-state index contributed by atoms with van der Waals surface area (Å²) in [6.07, 6.45) is 2.70. The standard InChI is InChI=1S/C17H25N/c1-12-6-13(2)8-15(7-12)18-11-16(4)10-17(18,5)9-14(16)3/h6-8,14H,9-11H2,1-5H3. The van der Waals surface area contributed by atoms with Gasteiger partial charge in [0.15, 0.2) is 0 Å². The van der Waals surface area contributed by atoms with Crippen molar-refractivity contribution < 1.29 is 0 Å². The van der Waals surface area contributed by atoms with E-state index in [0.29, 0.717) is 11.0 Å². The van der Waals surface area contributed by atoms with Crippen molar-refractivity contribution in [1.82, 2.24) is 0 Å². The van der Waals surface area contributed by atoms with Gasteiger partial charge in [-0.1, -0.05) is 19.9 Å². The second-order valence-electron chi connectivity index (χ2n) is 7.36. The summed E-state index contributed by atoms with van der Waals surface area (Å²) in [6, 6.07) is 6.98. The molecule has 3 atom stereocenters. The molecule has 3 unspecified atom stereocenters. The average molecular weight is 243 g/mol. The van der Waals surface area contributed by atoms with Gasteiger partial charge in [-0.3, -0.25) is 0 Å². The van der Waals surface area contributed by atoms with Crippen molar-refractivity contribution in [2.24, 2.45) is 11.3 Å². The fourth-order valence-electron chi connectivity index (χ4n) is 4.50. The Labute approximate surface area is 111 Å². The van der Waals surface area contributed by atoms with Gasteiger partial charge in [-0.15, -0.1) is 0 Å². The lowest BCUT2D eigenvalue weighted by atomic mass is 9.81. The molecule has 0 spiro atoms. The van der Waals surface area contributed by atoms with Gasteiger partial charge in [0.05, 0.1) is 0 Å². The highest BCUT2D eigenvalue weighted by atomic mass is 15.3. The molecule has 0 N–H and O–H groups in total. The zero-order chi connectivity index (χ0) is 13.1. The van der Waals surface area contributed by atoms with Crippen LogP contribution in [0.1, 0.15) is 44.7 Å². The maximum atomic E-state index is 2.67. The highest BCUT2D eigenvalue weighted by molar-refractivity contribution is 5.55. The molecule has 2 aliphatic rings. The molecule has 3 rings (SSSR count). The fraction of sp³-hybridized carbons (Fsp3) is 0.647. The number of aryl methyl sites for hydroxylation is 2. The third-order valence-corrected chi connectivity index (χ3v) is 5.41. The summed E-state index contributed by atoms with van der Waals surface area (Å²) in [5, 5.41) is 0. The van der Waals surface area contributed by atoms with Crippen molar-refractivity contribution in [3.8, 4) is 0 Å². The van der Waals surface area contributed by atoms with Crippen molar-refractivity contribution >= 4 is 5.69 Å². The number of rotatable bonds is 1. The molecule has 0 aromatic heterocycles. The van der Waals surface area contributed by atoms with E-state index in [1.807, 2.05) is 0 Å². The fourth-order valence-corrected chi connectivity index (χ4v) is 4.50. The summed E-state index contributed by atoms with van der Waals surface area (Å²) in [5.41, 5.74) is 5.11. The van der Waals surface area contributed by atoms with E-state index in [-0.39, 0.29) is 0 Å². The number of hydrogen-bond donors (Lipinski definition) is 0. The van der Waals surface area contributed by atoms with Gasteiger partial charge in [0.1, 0.15) is 0 Å². The number of piperidine rings is 1. The summed E-state index contributed by atoms with van der Waals surface area (Å²) in [7, 11) is 0. The Morgan fingerprint density at radius 2 is 1.72 bits per heavy atom. The Morgan fingerprint density at radius 3 is 2.17 bits per heavy atom. The predicted molar refractivity (Wildman–Crippen MR) is 78.2 cm³/mol. The third-order valence-electron chi connectivity index (χ3n) is 5.41. The minimum Gasteiger partial charge on any atom is -0.366 e. The average Bonchev–Trinajstić information content (AvgIpc) is 2.61. The van der Waals surface area contributed by atoms with Crippen LogP contribution in [0.4, 0.5) is 5.69 Å². The molecule has 2 bridgehead atoms. The number of fused-ring (bicyclic) bond motifs is 2. The molecule has 1 saturated heterocycles. The van der Waals surface area contributed by atoms with Crippen LogP contribution in [0.5, 0.6) is 0 Å². The summed E-state index contributed by atoms with van der Waals surface area (Å²) >= 11 is 0. The lowest BCUT2D eigenvalue weighted by Crippen LogP contribution is -2.45. The van der Waals surface area contributed by atoms with Crippen molar-refractivity contribution in [2.75, 3.05) is 11.4 Å². The van der Waals surface area contributed by atoms with Gasteiger partial charge in [0.2, 0.25) is 0 Å². The molecule has 1 saturated carbocycles. The van der Waals surface area contributed by atoms with E-state index < -0.39 is 0 Å². The Kier molecular flexibility index (Phi) is 2.36. The van der Waals surface area contributed by atoms with Crippen LogP contribution in [0.3, 0.4) is 0 Å². The molecule has 2 fully saturated rings. The molecule has 1 aliphatic heterocycles. The number of anilines is 1. The van der Waals surface area contributed by atoms with E-state index in [0.717, 1.165) is 5.92 Å². The number of nitrogens with zero attached hydrogens (tertiary/aromatic N) is 1. The van der Waals surface area contributed by atoms with Crippen molar-refractivity contribution in [3.05, 3.63) is 29.3 Å². The van der Waals surface area contributed by atoms with E-state index in [4.69, 9.17) is 0 Å². The van der Waals surface area contributed by atoms with Crippen LogP contribution in [0, 0.1) is 25.2 Å². The van der Waals surface area contributed by atoms with E-state index in [2.05, 4.69) is 57.7 Å². The SMILES string of the molecule is Cc1cc(C)cc(N2CC3(C)CC2(C)CC3C)c1. The van der Waals surface area contributed by atoms with Gasteiger partial charge < -0.3 is 4.90 Å². The first-order valence-electron chi connectivity index (χ1n) is 7.18. The van der Waals surface area contributed by atoms with Crippen molar-refractivity contribution in [2.45, 2.75) is 53.0 Å². The van der Waals surface area contributed by atoms with Crippen LogP contribution in [-0.2, 0) is 0 Å². The molecule has 0 radical (unpaired) electrons. The van der Waals surface area contributed by atoms with Gasteiger partial charge in [-0.05, 0) is 68.2 Å². The van der Waals surface area contributed by atoms with E-state index >= 15 is 0 Å². The quantitative estimate of drug-likeness (QED) is 0.710. The topological polar surface area (TPSA) is 3.24 Å². The number of benzene rings is 1. The molecular weight excluding hydrogens is 218 g/mol. The molecule has 1 aromatic rings. The molecule has 18 heavy (non-hydrogen) atoms. The minimum absolute atomic E-state index is 0.383. The molecule has 1 nitrogen and oxygen atoms in total.